The summed E-state index contributed by atoms with van der Waals surface area (Å²) in [6.07, 6.45) is 1.48. The number of nitro groups is 1. The van der Waals surface area contributed by atoms with Gasteiger partial charge in [0.05, 0.1) is 29.6 Å². The Balaban J connectivity index is 2.28. The number of ether oxygens (including phenoxy) is 2. The molecule has 0 aliphatic carbocycles. The first-order chi connectivity index (χ1) is 13.3. The Morgan fingerprint density at radius 2 is 2.07 bits per heavy atom. The van der Waals surface area contributed by atoms with Crippen LogP contribution in [0.15, 0.2) is 47.8 Å². The number of hydrogen-bond donors (Lipinski definition) is 1. The van der Waals surface area contributed by atoms with E-state index in [-0.39, 0.29) is 11.8 Å². The Morgan fingerprint density at radius 3 is 2.71 bits per heavy atom. The molecule has 1 aliphatic heterocycles. The fourth-order valence-electron chi connectivity index (χ4n) is 3.32. The zero-order valence-electron chi connectivity index (χ0n) is 16.1. The number of benzene rings is 1. The van der Waals surface area contributed by atoms with Gasteiger partial charge in [-0.25, -0.2) is 9.78 Å². The van der Waals surface area contributed by atoms with Crippen LogP contribution in [-0.4, -0.2) is 29.1 Å². The number of nitro benzene ring substituents is 1. The lowest BCUT2D eigenvalue weighted by atomic mass is 9.81. The van der Waals surface area contributed by atoms with Gasteiger partial charge in [0.25, 0.3) is 5.69 Å². The van der Waals surface area contributed by atoms with Crippen molar-refractivity contribution in [3.05, 3.63) is 69.0 Å². The van der Waals surface area contributed by atoms with Crippen molar-refractivity contribution < 1.29 is 19.2 Å². The number of pyridine rings is 1. The smallest absolute Gasteiger partial charge is 0.336 e. The van der Waals surface area contributed by atoms with Crippen LogP contribution in [0.1, 0.15) is 37.8 Å². The van der Waals surface area contributed by atoms with Gasteiger partial charge in [-0.3, -0.25) is 10.1 Å². The molecule has 1 atom stereocenters. The lowest BCUT2D eigenvalue weighted by Gasteiger charge is -2.31. The number of nitrogens with zero attached hydrogens (tertiary/aromatic N) is 2. The van der Waals surface area contributed by atoms with Crippen molar-refractivity contribution in [3.8, 4) is 5.88 Å². The summed E-state index contributed by atoms with van der Waals surface area (Å²) in [5, 5.41) is 14.5. The molecule has 2 heterocycles. The molecule has 0 saturated carbocycles. The molecule has 0 fully saturated rings. The molecule has 1 N–H and O–H groups in total. The molecular formula is C20H21N3O5. The van der Waals surface area contributed by atoms with E-state index in [9.17, 15) is 14.9 Å². The Morgan fingerprint density at radius 1 is 1.32 bits per heavy atom. The van der Waals surface area contributed by atoms with Crippen molar-refractivity contribution in [1.29, 1.82) is 0 Å². The molecule has 1 aromatic heterocycles. The molecule has 0 radical (unpaired) electrons. The average molecular weight is 383 g/mol. The zero-order valence-corrected chi connectivity index (χ0v) is 16.1. The molecule has 0 saturated heterocycles. The number of anilines is 1. The van der Waals surface area contributed by atoms with Gasteiger partial charge in [0.1, 0.15) is 0 Å². The number of carbonyl (C=O) groups excluding carboxylic acids is 1. The molecule has 0 amide bonds. The van der Waals surface area contributed by atoms with Gasteiger partial charge in [-0.2, -0.15) is 0 Å². The highest BCUT2D eigenvalue weighted by Gasteiger charge is 2.36. The van der Waals surface area contributed by atoms with Crippen LogP contribution in [0, 0.1) is 10.1 Å². The maximum Gasteiger partial charge on any atom is 0.336 e. The maximum absolute atomic E-state index is 12.6. The first-order valence-electron chi connectivity index (χ1n) is 8.79. The molecule has 1 unspecified atom stereocenters. The highest BCUT2D eigenvalue weighted by Crippen LogP contribution is 2.46. The maximum atomic E-state index is 12.6. The summed E-state index contributed by atoms with van der Waals surface area (Å²) in [6, 6.07) is 8.00. The third-order valence-corrected chi connectivity index (χ3v) is 4.42. The lowest BCUT2D eigenvalue weighted by molar-refractivity contribution is -0.384. The third kappa shape index (κ3) is 3.53. The van der Waals surface area contributed by atoms with Crippen molar-refractivity contribution in [3.63, 3.8) is 0 Å². The largest absolute Gasteiger partial charge is 0.475 e. The van der Waals surface area contributed by atoms with E-state index in [1.807, 2.05) is 13.8 Å². The zero-order chi connectivity index (χ0) is 20.4. The van der Waals surface area contributed by atoms with E-state index in [1.165, 1.54) is 19.2 Å². The van der Waals surface area contributed by atoms with Crippen LogP contribution in [0.2, 0.25) is 0 Å². The SMILES string of the molecule is COC(=O)C1=C(C)Nc2ccnc(OC(C)C)c2C1c1cccc([N+](=O)[O-])c1. The number of rotatable bonds is 5. The molecule has 8 nitrogen and oxygen atoms in total. The van der Waals surface area contributed by atoms with Crippen molar-refractivity contribution in [2.24, 2.45) is 0 Å². The van der Waals surface area contributed by atoms with Crippen LogP contribution in [0.4, 0.5) is 11.4 Å². The third-order valence-electron chi connectivity index (χ3n) is 4.42. The van der Waals surface area contributed by atoms with Gasteiger partial charge in [-0.05, 0) is 32.4 Å². The number of hydrogen-bond acceptors (Lipinski definition) is 7. The highest BCUT2D eigenvalue weighted by molar-refractivity contribution is 5.95. The molecular weight excluding hydrogens is 362 g/mol. The number of esters is 1. The van der Waals surface area contributed by atoms with E-state index < -0.39 is 16.8 Å². The van der Waals surface area contributed by atoms with E-state index >= 15 is 0 Å². The van der Waals surface area contributed by atoms with E-state index in [2.05, 4.69) is 10.3 Å². The predicted octanol–water partition coefficient (Wildman–Crippen LogP) is 3.78. The number of allylic oxidation sites excluding steroid dienone is 1. The van der Waals surface area contributed by atoms with E-state index in [0.29, 0.717) is 28.3 Å². The highest BCUT2D eigenvalue weighted by atomic mass is 16.6. The molecule has 1 aliphatic rings. The van der Waals surface area contributed by atoms with Crippen LogP contribution in [0.25, 0.3) is 0 Å². The molecule has 8 heteroatoms. The molecule has 1 aromatic carbocycles. The van der Waals surface area contributed by atoms with Gasteiger partial charge in [0.15, 0.2) is 0 Å². The van der Waals surface area contributed by atoms with Crippen LogP contribution in [-0.2, 0) is 9.53 Å². The topological polar surface area (TPSA) is 104 Å². The molecule has 3 rings (SSSR count). The van der Waals surface area contributed by atoms with Gasteiger partial charge < -0.3 is 14.8 Å². The van der Waals surface area contributed by atoms with Gasteiger partial charge >= 0.3 is 5.97 Å². The van der Waals surface area contributed by atoms with Crippen LogP contribution in [0.5, 0.6) is 5.88 Å². The normalized spacial score (nSPS) is 15.7. The Labute approximate surface area is 162 Å². The number of aromatic nitrogens is 1. The van der Waals surface area contributed by atoms with Crippen LogP contribution >= 0.6 is 0 Å². The number of nitrogens with one attached hydrogen (secondary N) is 1. The number of methoxy groups -OCH3 is 1. The first-order valence-corrected chi connectivity index (χ1v) is 8.79. The number of fused-ring (bicyclic) bond motifs is 1. The Kier molecular flexibility index (Phi) is 5.30. The Bertz CT molecular complexity index is 968. The van der Waals surface area contributed by atoms with E-state index in [4.69, 9.17) is 9.47 Å². The van der Waals surface area contributed by atoms with E-state index in [1.54, 1.807) is 31.3 Å². The fourth-order valence-corrected chi connectivity index (χ4v) is 3.32. The second-order valence-corrected chi connectivity index (χ2v) is 6.68. The van der Waals surface area contributed by atoms with Crippen molar-refractivity contribution in [2.75, 3.05) is 12.4 Å². The van der Waals surface area contributed by atoms with Crippen LogP contribution in [0.3, 0.4) is 0 Å². The van der Waals surface area contributed by atoms with E-state index in [0.717, 1.165) is 5.69 Å². The molecule has 28 heavy (non-hydrogen) atoms. The summed E-state index contributed by atoms with van der Waals surface area (Å²) in [6.45, 7) is 5.52. The average Bonchev–Trinajstić information content (AvgIpc) is 2.66. The fraction of sp³-hybridized carbons (Fsp3) is 0.300. The minimum absolute atomic E-state index is 0.0605. The van der Waals surface area contributed by atoms with Gasteiger partial charge in [-0.15, -0.1) is 0 Å². The van der Waals surface area contributed by atoms with Gasteiger partial charge in [-0.1, -0.05) is 12.1 Å². The number of non-ortho nitro benzene ring substituents is 1. The summed E-state index contributed by atoms with van der Waals surface area (Å²) >= 11 is 0. The quantitative estimate of drug-likeness (QED) is 0.476. The summed E-state index contributed by atoms with van der Waals surface area (Å²) in [5.41, 5.74) is 2.86. The monoisotopic (exact) mass is 383 g/mol. The van der Waals surface area contributed by atoms with Gasteiger partial charge in [0, 0.05) is 35.3 Å². The van der Waals surface area contributed by atoms with Crippen molar-refractivity contribution >= 4 is 17.3 Å². The summed E-state index contributed by atoms with van der Waals surface area (Å²) in [4.78, 5) is 27.8. The molecule has 146 valence electrons. The predicted molar refractivity (Wildman–Crippen MR) is 103 cm³/mol. The van der Waals surface area contributed by atoms with Crippen molar-refractivity contribution in [1.82, 2.24) is 4.98 Å². The van der Waals surface area contributed by atoms with Crippen LogP contribution < -0.4 is 10.1 Å². The van der Waals surface area contributed by atoms with Gasteiger partial charge in [0.2, 0.25) is 5.88 Å². The number of carbonyl (C=O) groups is 1. The molecule has 0 spiro atoms. The summed E-state index contributed by atoms with van der Waals surface area (Å²) in [5.74, 6) is -0.775. The molecule has 0 bridgehead atoms. The Hall–Kier alpha value is -3.42. The first kappa shape index (κ1) is 19.3. The lowest BCUT2D eigenvalue weighted by Crippen LogP contribution is -2.25. The summed E-state index contributed by atoms with van der Waals surface area (Å²) < 4.78 is 10.9. The summed E-state index contributed by atoms with van der Waals surface area (Å²) in [7, 11) is 1.30. The second kappa shape index (κ2) is 7.67. The standard InChI is InChI=1S/C20H21N3O5/c1-11(2)28-19-18-15(8-9-21-19)22-12(3)16(20(24)27-4)17(18)13-6-5-7-14(10-13)23(25)26/h5-11,17,22H,1-4H3. The second-order valence-electron chi connectivity index (χ2n) is 6.68. The minimum atomic E-state index is -0.619. The molecule has 2 aromatic rings. The minimum Gasteiger partial charge on any atom is -0.475 e. The van der Waals surface area contributed by atoms with Crippen molar-refractivity contribution in [2.45, 2.75) is 32.8 Å².